The van der Waals surface area contributed by atoms with E-state index in [9.17, 15) is 8.42 Å². The van der Waals surface area contributed by atoms with Gasteiger partial charge in [-0.3, -0.25) is 0 Å². The van der Waals surface area contributed by atoms with Crippen LogP contribution in [0.1, 0.15) is 25.3 Å². The quantitative estimate of drug-likeness (QED) is 0.745. The van der Waals surface area contributed by atoms with E-state index in [1.54, 1.807) is 18.2 Å². The maximum absolute atomic E-state index is 12.2. The topological polar surface area (TPSA) is 67.4 Å². The van der Waals surface area contributed by atoms with Gasteiger partial charge in [0, 0.05) is 13.1 Å². The van der Waals surface area contributed by atoms with E-state index in [1.165, 1.54) is 0 Å². The van der Waals surface area contributed by atoms with Crippen molar-refractivity contribution in [1.29, 1.82) is 0 Å². The molecule has 5 nitrogen and oxygen atoms in total. The first-order chi connectivity index (χ1) is 9.63. The molecule has 0 amide bonds. The van der Waals surface area contributed by atoms with Gasteiger partial charge in [-0.05, 0) is 49.6 Å². The Balaban J connectivity index is 0.00000220. The molecule has 0 aliphatic carbocycles. The first-order valence-electron chi connectivity index (χ1n) is 7.09. The molecule has 0 atom stereocenters. The Hall–Kier alpha value is -0.820. The summed E-state index contributed by atoms with van der Waals surface area (Å²) in [5.41, 5.74) is 0.975. The third-order valence-corrected chi connectivity index (χ3v) is 4.67. The molecular weight excluding hydrogens is 312 g/mol. The molecule has 21 heavy (non-hydrogen) atoms. The number of halogens is 1. The molecule has 0 aromatic heterocycles. The summed E-state index contributed by atoms with van der Waals surface area (Å²) in [5.74, 6) is 0.805. The third kappa shape index (κ3) is 5.14. The Bertz CT molecular complexity index is 549. The van der Waals surface area contributed by atoms with E-state index >= 15 is 0 Å². The van der Waals surface area contributed by atoms with Crippen LogP contribution in [0.2, 0.25) is 0 Å². The second-order valence-electron chi connectivity index (χ2n) is 4.87. The number of fused-ring (bicyclic) bond motifs is 1. The molecule has 1 aliphatic heterocycles. The zero-order chi connectivity index (χ0) is 14.4. The van der Waals surface area contributed by atoms with Crippen molar-refractivity contribution in [3.63, 3.8) is 0 Å². The average molecular weight is 335 g/mol. The van der Waals surface area contributed by atoms with Gasteiger partial charge in [0.05, 0.1) is 11.5 Å². The maximum Gasteiger partial charge on any atom is 0.240 e. The SMILES string of the molecule is CCCNCCNS(=O)(=O)c1ccc2c(c1)CCCO2.Cl. The van der Waals surface area contributed by atoms with Gasteiger partial charge in [-0.25, -0.2) is 13.1 Å². The molecular formula is C14H23ClN2O3S. The van der Waals surface area contributed by atoms with Gasteiger partial charge < -0.3 is 10.1 Å². The van der Waals surface area contributed by atoms with Crippen LogP contribution < -0.4 is 14.8 Å². The van der Waals surface area contributed by atoms with Crippen LogP contribution in [0, 0.1) is 0 Å². The molecule has 0 saturated carbocycles. The number of rotatable bonds is 7. The van der Waals surface area contributed by atoms with E-state index in [0.29, 0.717) is 24.6 Å². The molecule has 2 rings (SSSR count). The van der Waals surface area contributed by atoms with Crippen molar-refractivity contribution >= 4 is 22.4 Å². The van der Waals surface area contributed by atoms with Crippen molar-refractivity contribution in [3.05, 3.63) is 23.8 Å². The van der Waals surface area contributed by atoms with Crippen molar-refractivity contribution in [1.82, 2.24) is 10.0 Å². The summed E-state index contributed by atoms with van der Waals surface area (Å²) in [4.78, 5) is 0.317. The minimum atomic E-state index is -3.43. The predicted octanol–water partition coefficient (Wildman–Crippen LogP) is 1.71. The van der Waals surface area contributed by atoms with Crippen LogP contribution in [0.4, 0.5) is 0 Å². The van der Waals surface area contributed by atoms with Gasteiger partial charge >= 0.3 is 0 Å². The highest BCUT2D eigenvalue weighted by atomic mass is 35.5. The van der Waals surface area contributed by atoms with Crippen LogP contribution in [0.3, 0.4) is 0 Å². The summed E-state index contributed by atoms with van der Waals surface area (Å²) >= 11 is 0. The number of benzene rings is 1. The van der Waals surface area contributed by atoms with Gasteiger partial charge in [-0.15, -0.1) is 12.4 Å². The normalized spacial score (nSPS) is 14.0. The number of ether oxygens (including phenoxy) is 1. The van der Waals surface area contributed by atoms with E-state index < -0.39 is 10.0 Å². The molecule has 0 saturated heterocycles. The Kier molecular flexibility index (Phi) is 7.45. The predicted molar refractivity (Wildman–Crippen MR) is 85.9 cm³/mol. The zero-order valence-electron chi connectivity index (χ0n) is 12.2. The molecule has 120 valence electrons. The maximum atomic E-state index is 12.2. The number of aryl methyl sites for hydroxylation is 1. The largest absolute Gasteiger partial charge is 0.493 e. The van der Waals surface area contributed by atoms with Crippen molar-refractivity contribution in [3.8, 4) is 5.75 Å². The van der Waals surface area contributed by atoms with Gasteiger partial charge in [-0.1, -0.05) is 6.92 Å². The fourth-order valence-electron chi connectivity index (χ4n) is 2.16. The van der Waals surface area contributed by atoms with Crippen LogP contribution in [0.5, 0.6) is 5.75 Å². The molecule has 7 heteroatoms. The van der Waals surface area contributed by atoms with E-state index in [-0.39, 0.29) is 12.4 Å². The molecule has 1 aliphatic rings. The van der Waals surface area contributed by atoms with Gasteiger partial charge in [0.1, 0.15) is 5.75 Å². The smallest absolute Gasteiger partial charge is 0.240 e. The highest BCUT2D eigenvalue weighted by Crippen LogP contribution is 2.27. The molecule has 0 spiro atoms. The summed E-state index contributed by atoms with van der Waals surface area (Å²) in [7, 11) is -3.43. The standard InChI is InChI=1S/C14H22N2O3S.ClH/c1-2-7-15-8-9-16-20(17,18)13-5-6-14-12(11-13)4-3-10-19-14;/h5-6,11,15-16H,2-4,7-10H2,1H3;1H. The molecule has 0 radical (unpaired) electrons. The van der Waals surface area contributed by atoms with Crippen LogP contribution in [-0.2, 0) is 16.4 Å². The van der Waals surface area contributed by atoms with Crippen LogP contribution in [0.25, 0.3) is 0 Å². The fourth-order valence-corrected chi connectivity index (χ4v) is 3.24. The van der Waals surface area contributed by atoms with Crippen molar-refractivity contribution in [2.45, 2.75) is 31.1 Å². The summed E-state index contributed by atoms with van der Waals surface area (Å²) in [5, 5.41) is 3.16. The Labute approximate surface area is 132 Å². The van der Waals surface area contributed by atoms with Gasteiger partial charge in [0.25, 0.3) is 0 Å². The van der Waals surface area contributed by atoms with E-state index in [1.807, 2.05) is 0 Å². The van der Waals surface area contributed by atoms with E-state index in [4.69, 9.17) is 4.74 Å². The molecule has 1 aromatic rings. The lowest BCUT2D eigenvalue weighted by Crippen LogP contribution is -2.32. The Morgan fingerprint density at radius 1 is 1.24 bits per heavy atom. The van der Waals surface area contributed by atoms with Crippen molar-refractivity contribution in [2.24, 2.45) is 0 Å². The van der Waals surface area contributed by atoms with Gasteiger partial charge in [0.2, 0.25) is 10.0 Å². The first kappa shape index (κ1) is 18.2. The summed E-state index contributed by atoms with van der Waals surface area (Å²) in [6, 6.07) is 5.07. The summed E-state index contributed by atoms with van der Waals surface area (Å²) in [6.07, 6.45) is 2.85. The van der Waals surface area contributed by atoms with E-state index in [2.05, 4.69) is 17.0 Å². The number of sulfonamides is 1. The number of hydrogen-bond donors (Lipinski definition) is 2. The van der Waals surface area contributed by atoms with E-state index in [0.717, 1.165) is 37.1 Å². The molecule has 0 bridgehead atoms. The second kappa shape index (κ2) is 8.58. The molecule has 0 fully saturated rings. The lowest BCUT2D eigenvalue weighted by atomic mass is 10.1. The van der Waals surface area contributed by atoms with Crippen LogP contribution in [0.15, 0.2) is 23.1 Å². The molecule has 1 heterocycles. The lowest BCUT2D eigenvalue weighted by Gasteiger charge is -2.18. The van der Waals surface area contributed by atoms with Crippen LogP contribution >= 0.6 is 12.4 Å². The minimum Gasteiger partial charge on any atom is -0.493 e. The average Bonchev–Trinajstić information content (AvgIpc) is 2.46. The summed E-state index contributed by atoms with van der Waals surface area (Å²) < 4.78 is 32.4. The number of nitrogens with one attached hydrogen (secondary N) is 2. The highest BCUT2D eigenvalue weighted by molar-refractivity contribution is 7.89. The van der Waals surface area contributed by atoms with Gasteiger partial charge in [0.15, 0.2) is 0 Å². The third-order valence-electron chi connectivity index (χ3n) is 3.21. The second-order valence-corrected chi connectivity index (χ2v) is 6.64. The first-order valence-corrected chi connectivity index (χ1v) is 8.58. The van der Waals surface area contributed by atoms with Crippen molar-refractivity contribution in [2.75, 3.05) is 26.2 Å². The minimum absolute atomic E-state index is 0. The Morgan fingerprint density at radius 3 is 2.81 bits per heavy atom. The molecule has 0 unspecified atom stereocenters. The Morgan fingerprint density at radius 2 is 2.05 bits per heavy atom. The molecule has 2 N–H and O–H groups in total. The summed E-state index contributed by atoms with van der Waals surface area (Å²) in [6.45, 7) is 4.72. The monoisotopic (exact) mass is 334 g/mol. The zero-order valence-corrected chi connectivity index (χ0v) is 13.9. The van der Waals surface area contributed by atoms with Crippen molar-refractivity contribution < 1.29 is 13.2 Å². The number of hydrogen-bond acceptors (Lipinski definition) is 4. The van der Waals surface area contributed by atoms with Gasteiger partial charge in [-0.2, -0.15) is 0 Å². The molecule has 1 aromatic carbocycles. The van der Waals surface area contributed by atoms with Crippen LogP contribution in [-0.4, -0.2) is 34.7 Å². The fraction of sp³-hybridized carbons (Fsp3) is 0.571. The lowest BCUT2D eigenvalue weighted by molar-refractivity contribution is 0.288. The highest BCUT2D eigenvalue weighted by Gasteiger charge is 2.17.